The Balaban J connectivity index is 2.53. The van der Waals surface area contributed by atoms with E-state index in [1.54, 1.807) is 6.92 Å². The van der Waals surface area contributed by atoms with Crippen molar-refractivity contribution in [2.45, 2.75) is 32.7 Å². The molecule has 0 saturated carbocycles. The Bertz CT molecular complexity index is 405. The molecule has 1 aromatic rings. The highest BCUT2D eigenvalue weighted by Gasteiger charge is 2.16. The van der Waals surface area contributed by atoms with Crippen LogP contribution in [-0.4, -0.2) is 12.1 Å². The maximum Gasteiger partial charge on any atom is 0.122 e. The molecule has 3 nitrogen and oxygen atoms in total. The number of aryl methyl sites for hydroxylation is 2. The molecular formula is C13H18N2O. The first-order valence-electron chi connectivity index (χ1n) is 5.35. The second-order valence-corrected chi connectivity index (χ2v) is 4.40. The molecule has 0 heterocycles. The maximum atomic E-state index is 8.75. The largest absolute Gasteiger partial charge is 0.493 e. The van der Waals surface area contributed by atoms with Crippen molar-refractivity contribution in [2.24, 2.45) is 5.73 Å². The van der Waals surface area contributed by atoms with E-state index in [-0.39, 0.29) is 0 Å². The zero-order chi connectivity index (χ0) is 12.2. The zero-order valence-corrected chi connectivity index (χ0v) is 10.1. The quantitative estimate of drug-likeness (QED) is 0.843. The summed E-state index contributed by atoms with van der Waals surface area (Å²) in [4.78, 5) is 0. The molecule has 0 saturated heterocycles. The van der Waals surface area contributed by atoms with Crippen LogP contribution in [0.2, 0.25) is 0 Å². The fraction of sp³-hybridized carbons (Fsp3) is 0.462. The number of ether oxygens (including phenoxy) is 1. The van der Waals surface area contributed by atoms with Crippen molar-refractivity contribution < 1.29 is 4.74 Å². The van der Waals surface area contributed by atoms with Gasteiger partial charge in [0.1, 0.15) is 11.3 Å². The van der Waals surface area contributed by atoms with Gasteiger partial charge in [0.05, 0.1) is 12.7 Å². The number of nitriles is 1. The van der Waals surface area contributed by atoms with Crippen molar-refractivity contribution in [3.05, 3.63) is 29.3 Å². The minimum Gasteiger partial charge on any atom is -0.493 e. The summed E-state index contributed by atoms with van der Waals surface area (Å²) >= 11 is 0. The predicted octanol–water partition coefficient (Wildman–Crippen LogP) is 2.31. The summed E-state index contributed by atoms with van der Waals surface area (Å²) in [5.41, 5.74) is 7.21. The van der Waals surface area contributed by atoms with E-state index in [1.807, 2.05) is 32.0 Å². The Morgan fingerprint density at radius 2 is 2.12 bits per heavy atom. The van der Waals surface area contributed by atoms with Crippen LogP contribution in [0.5, 0.6) is 5.75 Å². The number of hydrogen-bond donors (Lipinski definition) is 1. The summed E-state index contributed by atoms with van der Waals surface area (Å²) in [7, 11) is 0. The summed E-state index contributed by atoms with van der Waals surface area (Å²) in [6.07, 6.45) is 0.525. The van der Waals surface area contributed by atoms with Crippen LogP contribution >= 0.6 is 0 Å². The van der Waals surface area contributed by atoms with Crippen LogP contribution in [0.15, 0.2) is 18.2 Å². The number of nitrogens with zero attached hydrogens (tertiary/aromatic N) is 1. The first kappa shape index (κ1) is 12.5. The van der Waals surface area contributed by atoms with Crippen molar-refractivity contribution in [3.8, 4) is 11.8 Å². The van der Waals surface area contributed by atoms with Gasteiger partial charge in [-0.15, -0.1) is 0 Å². The molecule has 86 valence electrons. The zero-order valence-electron chi connectivity index (χ0n) is 10.1. The smallest absolute Gasteiger partial charge is 0.122 e. The Morgan fingerprint density at radius 1 is 1.44 bits per heavy atom. The summed E-state index contributed by atoms with van der Waals surface area (Å²) in [6, 6.07) is 8.08. The third-order valence-electron chi connectivity index (χ3n) is 2.46. The Hall–Kier alpha value is -1.53. The highest BCUT2D eigenvalue weighted by Crippen LogP contribution is 2.19. The third-order valence-corrected chi connectivity index (χ3v) is 2.46. The first-order valence-corrected chi connectivity index (χ1v) is 5.35. The monoisotopic (exact) mass is 218 g/mol. The van der Waals surface area contributed by atoms with E-state index >= 15 is 0 Å². The van der Waals surface area contributed by atoms with Crippen LogP contribution in [0.3, 0.4) is 0 Å². The van der Waals surface area contributed by atoms with Crippen LogP contribution in [-0.2, 0) is 0 Å². The van der Waals surface area contributed by atoms with Crippen LogP contribution in [0.4, 0.5) is 0 Å². The molecule has 0 spiro atoms. The van der Waals surface area contributed by atoms with E-state index in [4.69, 9.17) is 15.7 Å². The third kappa shape index (κ3) is 3.56. The van der Waals surface area contributed by atoms with E-state index in [1.165, 1.54) is 5.56 Å². The minimum absolute atomic E-state index is 0.463. The minimum atomic E-state index is -0.807. The lowest BCUT2D eigenvalue weighted by Gasteiger charge is -2.16. The number of hydrogen-bond acceptors (Lipinski definition) is 3. The predicted molar refractivity (Wildman–Crippen MR) is 64.2 cm³/mol. The molecule has 0 amide bonds. The van der Waals surface area contributed by atoms with Gasteiger partial charge in [0.25, 0.3) is 0 Å². The van der Waals surface area contributed by atoms with Crippen LogP contribution in [0, 0.1) is 25.2 Å². The fourth-order valence-electron chi connectivity index (χ4n) is 1.39. The van der Waals surface area contributed by atoms with Crippen LogP contribution < -0.4 is 10.5 Å². The van der Waals surface area contributed by atoms with E-state index < -0.39 is 5.54 Å². The normalized spacial score (nSPS) is 13.9. The van der Waals surface area contributed by atoms with E-state index in [2.05, 4.69) is 6.07 Å². The Morgan fingerprint density at radius 3 is 2.69 bits per heavy atom. The molecular weight excluding hydrogens is 200 g/mol. The molecule has 3 heteroatoms. The van der Waals surface area contributed by atoms with Gasteiger partial charge in [-0.1, -0.05) is 17.7 Å². The molecule has 0 fully saturated rings. The molecule has 1 unspecified atom stereocenters. The topological polar surface area (TPSA) is 59.0 Å². The summed E-state index contributed by atoms with van der Waals surface area (Å²) in [5.74, 6) is 0.860. The average Bonchev–Trinajstić information content (AvgIpc) is 2.21. The van der Waals surface area contributed by atoms with Crippen molar-refractivity contribution >= 4 is 0 Å². The molecule has 1 rings (SSSR count). The van der Waals surface area contributed by atoms with E-state index in [9.17, 15) is 0 Å². The first-order chi connectivity index (χ1) is 7.44. The number of benzene rings is 1. The molecule has 0 bridgehead atoms. The molecule has 16 heavy (non-hydrogen) atoms. The number of nitrogens with two attached hydrogens (primary N) is 1. The molecule has 1 aromatic carbocycles. The van der Waals surface area contributed by atoms with Gasteiger partial charge in [-0.2, -0.15) is 5.26 Å². The van der Waals surface area contributed by atoms with E-state index in [0.29, 0.717) is 13.0 Å². The molecule has 2 N–H and O–H groups in total. The molecule has 0 aromatic heterocycles. The van der Waals surface area contributed by atoms with Gasteiger partial charge in [0.2, 0.25) is 0 Å². The lowest BCUT2D eigenvalue weighted by Crippen LogP contribution is -2.35. The SMILES string of the molecule is Cc1ccc(OCCC(C)(N)C#N)c(C)c1. The molecule has 1 atom stereocenters. The lowest BCUT2D eigenvalue weighted by atomic mass is 10.0. The van der Waals surface area contributed by atoms with Gasteiger partial charge in [0, 0.05) is 6.42 Å². The standard InChI is InChI=1S/C13H18N2O/c1-10-4-5-12(11(2)8-10)16-7-6-13(3,15)9-14/h4-5,8H,6-7,15H2,1-3H3. The number of rotatable bonds is 4. The van der Waals surface area contributed by atoms with Crippen LogP contribution in [0.25, 0.3) is 0 Å². The maximum absolute atomic E-state index is 8.75. The second kappa shape index (κ2) is 5.00. The lowest BCUT2D eigenvalue weighted by molar-refractivity contribution is 0.284. The highest BCUT2D eigenvalue weighted by molar-refractivity contribution is 5.35. The Labute approximate surface area is 96.8 Å². The summed E-state index contributed by atoms with van der Waals surface area (Å²) in [6.45, 7) is 6.22. The highest BCUT2D eigenvalue weighted by atomic mass is 16.5. The van der Waals surface area contributed by atoms with Gasteiger partial charge in [-0.05, 0) is 32.4 Å². The van der Waals surface area contributed by atoms with Crippen molar-refractivity contribution in [3.63, 3.8) is 0 Å². The average molecular weight is 218 g/mol. The Kier molecular flexibility index (Phi) is 3.92. The van der Waals surface area contributed by atoms with Gasteiger partial charge < -0.3 is 10.5 Å². The van der Waals surface area contributed by atoms with Crippen molar-refractivity contribution in [1.29, 1.82) is 5.26 Å². The van der Waals surface area contributed by atoms with Gasteiger partial charge in [0.15, 0.2) is 0 Å². The summed E-state index contributed by atoms with van der Waals surface area (Å²) < 4.78 is 5.60. The second-order valence-electron chi connectivity index (χ2n) is 4.40. The summed E-state index contributed by atoms with van der Waals surface area (Å²) in [5, 5.41) is 8.75. The van der Waals surface area contributed by atoms with Crippen molar-refractivity contribution in [1.82, 2.24) is 0 Å². The van der Waals surface area contributed by atoms with E-state index in [0.717, 1.165) is 11.3 Å². The fourth-order valence-corrected chi connectivity index (χ4v) is 1.39. The van der Waals surface area contributed by atoms with Crippen LogP contribution in [0.1, 0.15) is 24.5 Å². The molecule has 0 radical (unpaired) electrons. The van der Waals surface area contributed by atoms with Gasteiger partial charge >= 0.3 is 0 Å². The molecule has 0 aliphatic rings. The van der Waals surface area contributed by atoms with Gasteiger partial charge in [-0.25, -0.2) is 0 Å². The van der Waals surface area contributed by atoms with Crippen molar-refractivity contribution in [2.75, 3.05) is 6.61 Å². The molecule has 0 aliphatic heterocycles. The molecule has 0 aliphatic carbocycles. The van der Waals surface area contributed by atoms with Gasteiger partial charge in [-0.3, -0.25) is 0 Å².